The maximum absolute atomic E-state index is 11.6. The van der Waals surface area contributed by atoms with Crippen molar-refractivity contribution < 1.29 is 14.6 Å². The molecule has 0 bridgehead atoms. The van der Waals surface area contributed by atoms with Crippen LogP contribution < -0.4 is 10.1 Å². The molecule has 1 atom stereocenters. The zero-order valence-electron chi connectivity index (χ0n) is 12.1. The van der Waals surface area contributed by atoms with Gasteiger partial charge in [-0.05, 0) is 35.8 Å². The molecule has 4 nitrogen and oxygen atoms in total. The third kappa shape index (κ3) is 6.82. The topological polar surface area (TPSA) is 58.6 Å². The lowest BCUT2D eigenvalue weighted by molar-refractivity contribution is -0.118. The van der Waals surface area contributed by atoms with E-state index in [2.05, 4.69) is 5.32 Å². The number of carbonyl (C=O) groups excluding carboxylic acids is 1. The Bertz CT molecular complexity index is 395. The highest BCUT2D eigenvalue weighted by atomic mass is 32.2. The van der Waals surface area contributed by atoms with Gasteiger partial charge in [0, 0.05) is 13.2 Å². The van der Waals surface area contributed by atoms with Gasteiger partial charge < -0.3 is 15.2 Å². The molecule has 5 heteroatoms. The minimum absolute atomic E-state index is 0.0497. The highest BCUT2D eigenvalue weighted by Gasteiger charge is 2.04. The minimum atomic E-state index is 0.0497. The molecule has 0 saturated heterocycles. The third-order valence-electron chi connectivity index (χ3n) is 2.84. The second kappa shape index (κ2) is 9.66. The quantitative estimate of drug-likeness (QED) is 0.728. The number of amides is 1. The Balaban J connectivity index is 2.14. The molecule has 1 amide bonds. The number of rotatable bonds is 9. The molecule has 0 saturated carbocycles. The molecule has 0 aliphatic rings. The summed E-state index contributed by atoms with van der Waals surface area (Å²) in [5, 5.41) is 11.8. The third-order valence-corrected chi connectivity index (χ3v) is 4.11. The Morgan fingerprint density at radius 1 is 1.40 bits per heavy atom. The van der Waals surface area contributed by atoms with E-state index in [0.717, 1.165) is 17.9 Å². The Kier molecular flexibility index (Phi) is 8.14. The van der Waals surface area contributed by atoms with Crippen molar-refractivity contribution >= 4 is 17.7 Å². The van der Waals surface area contributed by atoms with E-state index in [1.54, 1.807) is 18.9 Å². The first-order valence-corrected chi connectivity index (χ1v) is 7.89. The summed E-state index contributed by atoms with van der Waals surface area (Å²) in [7, 11) is 1.64. The van der Waals surface area contributed by atoms with Crippen molar-refractivity contribution in [2.75, 3.05) is 31.8 Å². The molecule has 1 rings (SSSR count). The maximum Gasteiger partial charge on any atom is 0.230 e. The van der Waals surface area contributed by atoms with Crippen molar-refractivity contribution in [3.8, 4) is 5.75 Å². The second-order valence-electron chi connectivity index (χ2n) is 4.75. The fourth-order valence-corrected chi connectivity index (χ4v) is 2.51. The number of carbonyl (C=O) groups is 1. The molecule has 0 spiro atoms. The highest BCUT2D eigenvalue weighted by molar-refractivity contribution is 7.99. The molecule has 0 radical (unpaired) electrons. The number of aliphatic hydroxyl groups excluding tert-OH is 1. The van der Waals surface area contributed by atoms with Crippen LogP contribution in [0.4, 0.5) is 0 Å². The number of nitrogens with one attached hydrogen (secondary N) is 1. The Labute approximate surface area is 124 Å². The van der Waals surface area contributed by atoms with Crippen LogP contribution in [-0.4, -0.2) is 42.8 Å². The first-order valence-electron chi connectivity index (χ1n) is 6.74. The van der Waals surface area contributed by atoms with Gasteiger partial charge in [-0.2, -0.15) is 11.8 Å². The Morgan fingerprint density at radius 2 is 2.10 bits per heavy atom. The number of aliphatic hydroxyl groups is 1. The van der Waals surface area contributed by atoms with Crippen molar-refractivity contribution in [2.45, 2.75) is 13.3 Å². The standard InChI is InChI=1S/C15H23NO3S/c1-12(9-17)10-20-11-15(18)16-8-7-13-3-5-14(19-2)6-4-13/h3-6,12,17H,7-11H2,1-2H3,(H,16,18). The molecule has 112 valence electrons. The zero-order chi connectivity index (χ0) is 14.8. The number of benzene rings is 1. The monoisotopic (exact) mass is 297 g/mol. The summed E-state index contributed by atoms with van der Waals surface area (Å²) in [6.45, 7) is 2.78. The van der Waals surface area contributed by atoms with Crippen LogP contribution in [0.1, 0.15) is 12.5 Å². The van der Waals surface area contributed by atoms with E-state index < -0.39 is 0 Å². The average molecular weight is 297 g/mol. The maximum atomic E-state index is 11.6. The summed E-state index contributed by atoms with van der Waals surface area (Å²) in [5.41, 5.74) is 1.17. The van der Waals surface area contributed by atoms with Crippen LogP contribution >= 0.6 is 11.8 Å². The summed E-state index contributed by atoms with van der Waals surface area (Å²) in [6.07, 6.45) is 0.813. The molecule has 0 fully saturated rings. The summed E-state index contributed by atoms with van der Waals surface area (Å²) in [4.78, 5) is 11.6. The molecule has 0 heterocycles. The molecule has 2 N–H and O–H groups in total. The van der Waals surface area contributed by atoms with Gasteiger partial charge in [0.05, 0.1) is 12.9 Å². The summed E-state index contributed by atoms with van der Waals surface area (Å²) in [6, 6.07) is 7.85. The van der Waals surface area contributed by atoms with E-state index >= 15 is 0 Å². The average Bonchev–Trinajstić information content (AvgIpc) is 2.47. The lowest BCUT2D eigenvalue weighted by Gasteiger charge is -2.08. The van der Waals surface area contributed by atoms with Gasteiger partial charge in [0.25, 0.3) is 0 Å². The van der Waals surface area contributed by atoms with Gasteiger partial charge in [-0.1, -0.05) is 19.1 Å². The van der Waals surface area contributed by atoms with Crippen molar-refractivity contribution in [1.82, 2.24) is 5.32 Å². The van der Waals surface area contributed by atoms with Crippen LogP contribution in [0, 0.1) is 5.92 Å². The van der Waals surface area contributed by atoms with E-state index in [4.69, 9.17) is 9.84 Å². The van der Waals surface area contributed by atoms with E-state index in [-0.39, 0.29) is 18.4 Å². The number of thioether (sulfide) groups is 1. The predicted octanol–water partition coefficient (Wildman–Crippen LogP) is 1.72. The second-order valence-corrected chi connectivity index (χ2v) is 5.78. The van der Waals surface area contributed by atoms with Crippen LogP contribution in [0.2, 0.25) is 0 Å². The van der Waals surface area contributed by atoms with Crippen molar-refractivity contribution in [1.29, 1.82) is 0 Å². The van der Waals surface area contributed by atoms with Gasteiger partial charge >= 0.3 is 0 Å². The fraction of sp³-hybridized carbons (Fsp3) is 0.533. The van der Waals surface area contributed by atoms with Gasteiger partial charge in [0.1, 0.15) is 5.75 Å². The molecule has 0 aliphatic heterocycles. The van der Waals surface area contributed by atoms with Gasteiger partial charge in [-0.3, -0.25) is 4.79 Å². The lowest BCUT2D eigenvalue weighted by Crippen LogP contribution is -2.27. The normalized spacial score (nSPS) is 11.9. The summed E-state index contributed by atoms with van der Waals surface area (Å²) in [5.74, 6) is 2.39. The van der Waals surface area contributed by atoms with Crippen molar-refractivity contribution in [3.05, 3.63) is 29.8 Å². The molecular weight excluding hydrogens is 274 g/mol. The van der Waals surface area contributed by atoms with Gasteiger partial charge in [-0.15, -0.1) is 0 Å². The van der Waals surface area contributed by atoms with Crippen LogP contribution in [0.15, 0.2) is 24.3 Å². The summed E-state index contributed by atoms with van der Waals surface area (Å²) >= 11 is 1.56. The van der Waals surface area contributed by atoms with Gasteiger partial charge in [-0.25, -0.2) is 0 Å². The van der Waals surface area contributed by atoms with Gasteiger partial charge in [0.2, 0.25) is 5.91 Å². The lowest BCUT2D eigenvalue weighted by atomic mass is 10.1. The first kappa shape index (κ1) is 16.9. The van der Waals surface area contributed by atoms with E-state index in [1.807, 2.05) is 31.2 Å². The molecule has 20 heavy (non-hydrogen) atoms. The Hall–Kier alpha value is -1.20. The van der Waals surface area contributed by atoms with Crippen LogP contribution in [0.3, 0.4) is 0 Å². The molecular formula is C15H23NO3S. The zero-order valence-corrected chi connectivity index (χ0v) is 12.9. The molecule has 1 aromatic rings. The van der Waals surface area contributed by atoms with Crippen molar-refractivity contribution in [3.63, 3.8) is 0 Å². The molecule has 0 aromatic heterocycles. The molecule has 1 unspecified atom stereocenters. The number of methoxy groups -OCH3 is 1. The summed E-state index contributed by atoms with van der Waals surface area (Å²) < 4.78 is 5.09. The van der Waals surface area contributed by atoms with Crippen molar-refractivity contribution in [2.24, 2.45) is 5.92 Å². The molecule has 0 aliphatic carbocycles. The van der Waals surface area contributed by atoms with E-state index in [9.17, 15) is 4.79 Å². The minimum Gasteiger partial charge on any atom is -0.497 e. The number of ether oxygens (including phenoxy) is 1. The van der Waals surface area contributed by atoms with E-state index in [0.29, 0.717) is 12.3 Å². The first-order chi connectivity index (χ1) is 9.65. The highest BCUT2D eigenvalue weighted by Crippen LogP contribution is 2.11. The largest absolute Gasteiger partial charge is 0.497 e. The SMILES string of the molecule is COc1ccc(CCNC(=O)CSCC(C)CO)cc1. The number of hydrogen-bond donors (Lipinski definition) is 2. The van der Waals surface area contributed by atoms with Crippen LogP contribution in [-0.2, 0) is 11.2 Å². The van der Waals surface area contributed by atoms with Gasteiger partial charge in [0.15, 0.2) is 0 Å². The van der Waals surface area contributed by atoms with Crippen LogP contribution in [0.5, 0.6) is 5.75 Å². The molecule has 1 aromatic carbocycles. The van der Waals surface area contributed by atoms with E-state index in [1.165, 1.54) is 5.56 Å². The van der Waals surface area contributed by atoms with Crippen LogP contribution in [0.25, 0.3) is 0 Å². The predicted molar refractivity (Wildman–Crippen MR) is 83.3 cm³/mol. The fourth-order valence-electron chi connectivity index (χ4n) is 1.60. The smallest absolute Gasteiger partial charge is 0.230 e. The Morgan fingerprint density at radius 3 is 2.70 bits per heavy atom. The number of hydrogen-bond acceptors (Lipinski definition) is 4.